The number of anilines is 1. The van der Waals surface area contributed by atoms with Crippen molar-refractivity contribution >= 4 is 15.5 Å². The van der Waals surface area contributed by atoms with Crippen molar-refractivity contribution in [3.63, 3.8) is 0 Å². The Balaban J connectivity index is 2.20. The van der Waals surface area contributed by atoms with Gasteiger partial charge < -0.3 is 10.7 Å². The number of hydrogen-bond acceptors (Lipinski definition) is 4. The van der Waals surface area contributed by atoms with Crippen LogP contribution < -0.4 is 11.3 Å². The first kappa shape index (κ1) is 11.2. The molecule has 5 nitrogen and oxygen atoms in total. The summed E-state index contributed by atoms with van der Waals surface area (Å²) in [6.45, 7) is 0. The third-order valence-electron chi connectivity index (χ3n) is 2.98. The molecule has 3 N–H and O–H groups in total. The Morgan fingerprint density at radius 3 is 2.50 bits per heavy atom. The normalized spacial score (nSPS) is 20.8. The van der Waals surface area contributed by atoms with Crippen LogP contribution in [0.2, 0.25) is 0 Å². The Morgan fingerprint density at radius 2 is 1.94 bits per heavy atom. The van der Waals surface area contributed by atoms with Crippen LogP contribution in [0.15, 0.2) is 17.1 Å². The van der Waals surface area contributed by atoms with Gasteiger partial charge in [0.2, 0.25) is 0 Å². The summed E-state index contributed by atoms with van der Waals surface area (Å²) in [5.41, 5.74) is 6.33. The number of nitrogen functional groups attached to an aromatic ring is 1. The van der Waals surface area contributed by atoms with E-state index in [9.17, 15) is 13.2 Å². The van der Waals surface area contributed by atoms with Gasteiger partial charge in [0.15, 0.2) is 0 Å². The molecule has 1 aromatic rings. The van der Waals surface area contributed by atoms with Crippen molar-refractivity contribution in [2.24, 2.45) is 0 Å². The minimum atomic E-state index is -2.85. The number of pyridine rings is 1. The molecule has 0 atom stereocenters. The molecule has 88 valence electrons. The van der Waals surface area contributed by atoms with Gasteiger partial charge in [-0.2, -0.15) is 0 Å². The maximum absolute atomic E-state index is 11.3. The van der Waals surface area contributed by atoms with Crippen LogP contribution in [0.5, 0.6) is 0 Å². The summed E-state index contributed by atoms with van der Waals surface area (Å²) in [4.78, 5) is 13.6. The van der Waals surface area contributed by atoms with E-state index in [-0.39, 0.29) is 28.7 Å². The molecule has 2 rings (SSSR count). The van der Waals surface area contributed by atoms with E-state index < -0.39 is 9.84 Å². The van der Waals surface area contributed by atoms with E-state index in [1.165, 1.54) is 0 Å². The molecule has 0 bridgehead atoms. The zero-order valence-corrected chi connectivity index (χ0v) is 9.59. The molecule has 0 amide bonds. The molecule has 1 fully saturated rings. The quantitative estimate of drug-likeness (QED) is 0.738. The van der Waals surface area contributed by atoms with Gasteiger partial charge >= 0.3 is 0 Å². The number of aromatic nitrogens is 1. The maximum Gasteiger partial charge on any atom is 0.271 e. The molecule has 2 heterocycles. The van der Waals surface area contributed by atoms with Crippen LogP contribution in [0.4, 0.5) is 5.69 Å². The largest absolute Gasteiger partial charge is 0.394 e. The van der Waals surface area contributed by atoms with Gasteiger partial charge in [0, 0.05) is 6.20 Å². The molecular formula is C10H14N2O3S. The van der Waals surface area contributed by atoms with Crippen LogP contribution in [0.1, 0.15) is 24.3 Å². The topological polar surface area (TPSA) is 93.0 Å². The zero-order valence-electron chi connectivity index (χ0n) is 8.77. The van der Waals surface area contributed by atoms with Crippen LogP contribution in [-0.2, 0) is 9.84 Å². The summed E-state index contributed by atoms with van der Waals surface area (Å²) >= 11 is 0. The highest BCUT2D eigenvalue weighted by Crippen LogP contribution is 2.28. The Bertz CT molecular complexity index is 533. The second-order valence-corrected chi connectivity index (χ2v) is 6.45. The fourth-order valence-electron chi connectivity index (χ4n) is 1.98. The average Bonchev–Trinajstić information content (AvgIpc) is 2.22. The number of rotatable bonds is 1. The van der Waals surface area contributed by atoms with Gasteiger partial charge in [-0.25, -0.2) is 8.42 Å². The second-order valence-electron chi connectivity index (χ2n) is 4.14. The molecule has 0 spiro atoms. The van der Waals surface area contributed by atoms with Crippen LogP contribution in [0, 0.1) is 0 Å². The first-order valence-corrected chi connectivity index (χ1v) is 6.98. The molecule has 0 aromatic carbocycles. The second kappa shape index (κ2) is 3.93. The van der Waals surface area contributed by atoms with Gasteiger partial charge in [0.1, 0.15) is 9.84 Å². The predicted molar refractivity (Wildman–Crippen MR) is 62.1 cm³/mol. The Labute approximate surface area is 93.6 Å². The summed E-state index contributed by atoms with van der Waals surface area (Å²) in [7, 11) is -2.85. The molecule has 0 unspecified atom stereocenters. The number of nitrogens with two attached hydrogens (primary N) is 1. The SMILES string of the molecule is Nc1cc(C2CCS(=O)(=O)CC2)c[nH]c1=O. The molecule has 0 saturated carbocycles. The molecule has 1 aliphatic heterocycles. The molecule has 1 saturated heterocycles. The zero-order chi connectivity index (χ0) is 11.8. The lowest BCUT2D eigenvalue weighted by Gasteiger charge is -2.22. The summed E-state index contributed by atoms with van der Waals surface area (Å²) < 4.78 is 22.5. The number of nitrogens with one attached hydrogen (secondary N) is 1. The van der Waals surface area contributed by atoms with Crippen molar-refractivity contribution in [3.05, 3.63) is 28.2 Å². The highest BCUT2D eigenvalue weighted by Gasteiger charge is 2.24. The van der Waals surface area contributed by atoms with Crippen molar-refractivity contribution in [1.29, 1.82) is 0 Å². The highest BCUT2D eigenvalue weighted by atomic mass is 32.2. The molecule has 1 aromatic heterocycles. The van der Waals surface area contributed by atoms with Crippen LogP contribution in [0.3, 0.4) is 0 Å². The predicted octanol–water partition coefficient (Wildman–Crippen LogP) is 0.249. The Morgan fingerprint density at radius 1 is 1.31 bits per heavy atom. The summed E-state index contributed by atoms with van der Waals surface area (Å²) in [6.07, 6.45) is 2.84. The van der Waals surface area contributed by atoms with E-state index in [4.69, 9.17) is 5.73 Å². The maximum atomic E-state index is 11.3. The lowest BCUT2D eigenvalue weighted by Crippen LogP contribution is -2.23. The first-order valence-electron chi connectivity index (χ1n) is 5.16. The lowest BCUT2D eigenvalue weighted by atomic mass is 9.95. The van der Waals surface area contributed by atoms with Crippen molar-refractivity contribution in [2.75, 3.05) is 17.2 Å². The fourth-order valence-corrected chi connectivity index (χ4v) is 3.47. The number of sulfone groups is 1. The van der Waals surface area contributed by atoms with Crippen LogP contribution in [0.25, 0.3) is 0 Å². The lowest BCUT2D eigenvalue weighted by molar-refractivity contribution is 0.549. The first-order chi connectivity index (χ1) is 7.48. The van der Waals surface area contributed by atoms with E-state index in [0.717, 1.165) is 5.56 Å². The van der Waals surface area contributed by atoms with Gasteiger partial charge in [0.25, 0.3) is 5.56 Å². The minimum Gasteiger partial charge on any atom is -0.394 e. The Kier molecular flexibility index (Phi) is 2.75. The van der Waals surface area contributed by atoms with E-state index in [2.05, 4.69) is 4.98 Å². The molecular weight excluding hydrogens is 228 g/mol. The standard InChI is InChI=1S/C10H14N2O3S/c11-9-5-8(6-12-10(9)13)7-1-3-16(14,15)4-2-7/h5-7H,1-4,11H2,(H,12,13). The van der Waals surface area contributed by atoms with E-state index in [0.29, 0.717) is 12.8 Å². The molecule has 0 aliphatic carbocycles. The third kappa shape index (κ3) is 2.27. The average molecular weight is 242 g/mol. The minimum absolute atomic E-state index is 0.183. The van der Waals surface area contributed by atoms with E-state index >= 15 is 0 Å². The highest BCUT2D eigenvalue weighted by molar-refractivity contribution is 7.91. The van der Waals surface area contributed by atoms with Gasteiger partial charge in [-0.3, -0.25) is 4.79 Å². The summed E-state index contributed by atoms with van der Waals surface area (Å²) in [6, 6.07) is 1.64. The number of H-pyrrole nitrogens is 1. The summed E-state index contributed by atoms with van der Waals surface area (Å²) in [5, 5.41) is 0. The van der Waals surface area contributed by atoms with Gasteiger partial charge in [-0.1, -0.05) is 0 Å². The Hall–Kier alpha value is -1.30. The third-order valence-corrected chi connectivity index (χ3v) is 4.70. The molecule has 16 heavy (non-hydrogen) atoms. The van der Waals surface area contributed by atoms with E-state index in [1.54, 1.807) is 12.3 Å². The van der Waals surface area contributed by atoms with E-state index in [1.807, 2.05) is 0 Å². The molecule has 1 aliphatic rings. The fraction of sp³-hybridized carbons (Fsp3) is 0.500. The van der Waals surface area contributed by atoms with Gasteiger partial charge in [-0.05, 0) is 30.4 Å². The van der Waals surface area contributed by atoms with Crippen molar-refractivity contribution in [1.82, 2.24) is 4.98 Å². The smallest absolute Gasteiger partial charge is 0.271 e. The van der Waals surface area contributed by atoms with Gasteiger partial charge in [-0.15, -0.1) is 0 Å². The monoisotopic (exact) mass is 242 g/mol. The van der Waals surface area contributed by atoms with Crippen LogP contribution >= 0.6 is 0 Å². The molecule has 6 heteroatoms. The van der Waals surface area contributed by atoms with Crippen molar-refractivity contribution < 1.29 is 8.42 Å². The van der Waals surface area contributed by atoms with Crippen LogP contribution in [-0.4, -0.2) is 24.9 Å². The number of hydrogen-bond donors (Lipinski definition) is 2. The van der Waals surface area contributed by atoms with Gasteiger partial charge in [0.05, 0.1) is 17.2 Å². The molecule has 0 radical (unpaired) electrons. The van der Waals surface area contributed by atoms with Crippen molar-refractivity contribution in [2.45, 2.75) is 18.8 Å². The summed E-state index contributed by atoms with van der Waals surface area (Å²) in [5.74, 6) is 0.621. The number of aromatic amines is 1. The van der Waals surface area contributed by atoms with Crippen molar-refractivity contribution in [3.8, 4) is 0 Å².